The van der Waals surface area contributed by atoms with E-state index in [9.17, 15) is 13.6 Å². The predicted molar refractivity (Wildman–Crippen MR) is 63.9 cm³/mol. The molecule has 0 aliphatic rings. The molecule has 0 unspecified atom stereocenters. The van der Waals surface area contributed by atoms with Crippen molar-refractivity contribution in [2.75, 3.05) is 13.2 Å². The van der Waals surface area contributed by atoms with Gasteiger partial charge in [0.25, 0.3) is 0 Å². The molecule has 0 heterocycles. The Labute approximate surface area is 105 Å². The molecule has 0 bridgehead atoms. The van der Waals surface area contributed by atoms with Gasteiger partial charge in [-0.25, -0.2) is 8.78 Å². The van der Waals surface area contributed by atoms with Crippen molar-refractivity contribution in [1.29, 1.82) is 0 Å². The van der Waals surface area contributed by atoms with Crippen LogP contribution < -0.4 is 5.32 Å². The van der Waals surface area contributed by atoms with Crippen molar-refractivity contribution in [3.63, 3.8) is 0 Å². The summed E-state index contributed by atoms with van der Waals surface area (Å²) in [6.45, 7) is 3.90. The van der Waals surface area contributed by atoms with Crippen molar-refractivity contribution in [2.24, 2.45) is 5.41 Å². The van der Waals surface area contributed by atoms with E-state index in [0.29, 0.717) is 12.1 Å². The van der Waals surface area contributed by atoms with E-state index in [1.165, 1.54) is 6.07 Å². The van der Waals surface area contributed by atoms with Gasteiger partial charge in [-0.2, -0.15) is 0 Å². The molecular formula is C13H17F2NO2. The molecular weight excluding hydrogens is 240 g/mol. The molecule has 1 amide bonds. The van der Waals surface area contributed by atoms with Gasteiger partial charge in [0.05, 0.1) is 6.42 Å². The molecule has 1 aromatic rings. The highest BCUT2D eigenvalue weighted by atomic mass is 19.2. The Morgan fingerprint density at radius 3 is 2.56 bits per heavy atom. The molecule has 0 aliphatic heterocycles. The maximum absolute atomic E-state index is 12.9. The number of amides is 1. The number of benzene rings is 1. The Kier molecular flexibility index (Phi) is 4.78. The molecule has 0 radical (unpaired) electrons. The number of halogens is 2. The highest BCUT2D eigenvalue weighted by Crippen LogP contribution is 2.12. The fraction of sp³-hybridized carbons (Fsp3) is 0.462. The van der Waals surface area contributed by atoms with Gasteiger partial charge in [0, 0.05) is 18.6 Å². The highest BCUT2D eigenvalue weighted by molar-refractivity contribution is 5.78. The molecule has 3 nitrogen and oxygen atoms in total. The van der Waals surface area contributed by atoms with Gasteiger partial charge in [-0.05, 0) is 17.7 Å². The van der Waals surface area contributed by atoms with Gasteiger partial charge in [0.15, 0.2) is 11.6 Å². The SMILES string of the molecule is CC(C)(CO)CNC(=O)Cc1ccc(F)c(F)c1. The van der Waals surface area contributed by atoms with Crippen LogP contribution in [0.4, 0.5) is 8.78 Å². The van der Waals surface area contributed by atoms with Gasteiger partial charge in [-0.1, -0.05) is 19.9 Å². The first kappa shape index (κ1) is 14.6. The predicted octanol–water partition coefficient (Wildman–Crippen LogP) is 1.64. The Bertz CT molecular complexity index is 433. The number of hydrogen-bond acceptors (Lipinski definition) is 2. The summed E-state index contributed by atoms with van der Waals surface area (Å²) in [5.41, 5.74) is 0.0113. The lowest BCUT2D eigenvalue weighted by atomic mass is 9.95. The number of aliphatic hydroxyl groups is 1. The van der Waals surface area contributed by atoms with Gasteiger partial charge < -0.3 is 10.4 Å². The van der Waals surface area contributed by atoms with Crippen LogP contribution in [0.5, 0.6) is 0 Å². The average Bonchev–Trinajstić information content (AvgIpc) is 2.32. The summed E-state index contributed by atoms with van der Waals surface area (Å²) in [4.78, 5) is 11.6. The molecule has 1 aromatic carbocycles. The molecule has 0 fully saturated rings. The number of aliphatic hydroxyl groups excluding tert-OH is 1. The minimum Gasteiger partial charge on any atom is -0.396 e. The smallest absolute Gasteiger partial charge is 0.224 e. The normalized spacial score (nSPS) is 11.4. The molecule has 5 heteroatoms. The van der Waals surface area contributed by atoms with Crippen LogP contribution in [-0.2, 0) is 11.2 Å². The minimum atomic E-state index is -0.962. The molecule has 0 aliphatic carbocycles. The lowest BCUT2D eigenvalue weighted by Gasteiger charge is -2.21. The van der Waals surface area contributed by atoms with E-state index in [0.717, 1.165) is 12.1 Å². The van der Waals surface area contributed by atoms with Crippen LogP contribution in [0.25, 0.3) is 0 Å². The second-order valence-electron chi connectivity index (χ2n) is 5.02. The van der Waals surface area contributed by atoms with E-state index < -0.39 is 17.0 Å². The summed E-state index contributed by atoms with van der Waals surface area (Å²) in [6, 6.07) is 3.37. The van der Waals surface area contributed by atoms with Gasteiger partial charge in [0.1, 0.15) is 0 Å². The summed E-state index contributed by atoms with van der Waals surface area (Å²) in [6.07, 6.45) is -0.0152. The van der Waals surface area contributed by atoms with Crippen LogP contribution in [-0.4, -0.2) is 24.2 Å². The average molecular weight is 257 g/mol. The molecule has 100 valence electrons. The zero-order valence-electron chi connectivity index (χ0n) is 10.5. The van der Waals surface area contributed by atoms with Crippen LogP contribution in [0.1, 0.15) is 19.4 Å². The number of carbonyl (C=O) groups excluding carboxylic acids is 1. The maximum Gasteiger partial charge on any atom is 0.224 e. The van der Waals surface area contributed by atoms with Crippen molar-refractivity contribution in [3.8, 4) is 0 Å². The van der Waals surface area contributed by atoms with Gasteiger partial charge in [0.2, 0.25) is 5.91 Å². The van der Waals surface area contributed by atoms with Crippen molar-refractivity contribution < 1.29 is 18.7 Å². The minimum absolute atomic E-state index is 0.0152. The quantitative estimate of drug-likeness (QED) is 0.842. The molecule has 0 spiro atoms. The summed E-state index contributed by atoms with van der Waals surface area (Å²) in [7, 11) is 0. The molecule has 0 atom stereocenters. The van der Waals surface area contributed by atoms with E-state index in [1.54, 1.807) is 0 Å². The topological polar surface area (TPSA) is 49.3 Å². The van der Waals surface area contributed by atoms with E-state index in [1.807, 2.05) is 13.8 Å². The standard InChI is InChI=1S/C13H17F2NO2/c1-13(2,8-17)7-16-12(18)6-9-3-4-10(14)11(15)5-9/h3-5,17H,6-8H2,1-2H3,(H,16,18). The Hall–Kier alpha value is -1.49. The van der Waals surface area contributed by atoms with Crippen LogP contribution in [0.2, 0.25) is 0 Å². The third-order valence-corrected chi connectivity index (χ3v) is 2.54. The van der Waals surface area contributed by atoms with Crippen molar-refractivity contribution >= 4 is 5.91 Å². The number of carbonyl (C=O) groups is 1. The van der Waals surface area contributed by atoms with Crippen molar-refractivity contribution in [1.82, 2.24) is 5.32 Å². The van der Waals surface area contributed by atoms with Crippen LogP contribution in [0.3, 0.4) is 0 Å². The third kappa shape index (κ3) is 4.41. The Balaban J connectivity index is 2.52. The van der Waals surface area contributed by atoms with Crippen LogP contribution in [0, 0.1) is 17.0 Å². The van der Waals surface area contributed by atoms with Crippen molar-refractivity contribution in [2.45, 2.75) is 20.3 Å². The summed E-state index contributed by atoms with van der Waals surface area (Å²) >= 11 is 0. The van der Waals surface area contributed by atoms with Crippen LogP contribution in [0.15, 0.2) is 18.2 Å². The summed E-state index contributed by atoms with van der Waals surface area (Å²) < 4.78 is 25.6. The second kappa shape index (κ2) is 5.91. The fourth-order valence-corrected chi connectivity index (χ4v) is 1.29. The monoisotopic (exact) mass is 257 g/mol. The van der Waals surface area contributed by atoms with Gasteiger partial charge in [-0.3, -0.25) is 4.79 Å². The van der Waals surface area contributed by atoms with E-state index in [4.69, 9.17) is 5.11 Å². The fourth-order valence-electron chi connectivity index (χ4n) is 1.29. The largest absolute Gasteiger partial charge is 0.396 e. The summed E-state index contributed by atoms with van der Waals surface area (Å²) in [5.74, 6) is -2.18. The van der Waals surface area contributed by atoms with Gasteiger partial charge in [-0.15, -0.1) is 0 Å². The van der Waals surface area contributed by atoms with Crippen molar-refractivity contribution in [3.05, 3.63) is 35.4 Å². The zero-order valence-corrected chi connectivity index (χ0v) is 10.5. The molecule has 0 saturated heterocycles. The number of rotatable bonds is 5. The lowest BCUT2D eigenvalue weighted by molar-refractivity contribution is -0.121. The first-order valence-corrected chi connectivity index (χ1v) is 5.65. The molecule has 0 aromatic heterocycles. The lowest BCUT2D eigenvalue weighted by Crippen LogP contribution is -2.36. The van der Waals surface area contributed by atoms with E-state index in [-0.39, 0.29) is 18.9 Å². The Morgan fingerprint density at radius 2 is 2.00 bits per heavy atom. The molecule has 2 N–H and O–H groups in total. The maximum atomic E-state index is 12.9. The molecule has 1 rings (SSSR count). The summed E-state index contributed by atoms with van der Waals surface area (Å²) in [5, 5.41) is 11.7. The first-order valence-electron chi connectivity index (χ1n) is 5.65. The number of hydrogen-bond donors (Lipinski definition) is 2. The molecule has 18 heavy (non-hydrogen) atoms. The third-order valence-electron chi connectivity index (χ3n) is 2.54. The number of nitrogens with one attached hydrogen (secondary N) is 1. The molecule has 0 saturated carbocycles. The first-order chi connectivity index (χ1) is 8.34. The Morgan fingerprint density at radius 1 is 1.33 bits per heavy atom. The van der Waals surface area contributed by atoms with Crippen LogP contribution >= 0.6 is 0 Å². The van der Waals surface area contributed by atoms with E-state index in [2.05, 4.69) is 5.32 Å². The zero-order chi connectivity index (χ0) is 13.8. The van der Waals surface area contributed by atoms with Gasteiger partial charge >= 0.3 is 0 Å². The highest BCUT2D eigenvalue weighted by Gasteiger charge is 2.17. The van der Waals surface area contributed by atoms with E-state index >= 15 is 0 Å². The second-order valence-corrected chi connectivity index (χ2v) is 5.02.